The number of nitrogens with one attached hydrogen (secondary N) is 3. The van der Waals surface area contributed by atoms with Gasteiger partial charge < -0.3 is 65.5 Å². The van der Waals surface area contributed by atoms with Crippen molar-refractivity contribution in [1.29, 1.82) is 5.26 Å². The molecule has 5 rings (SSSR count). The molecule has 0 saturated carbocycles. The van der Waals surface area contributed by atoms with Crippen LogP contribution in [0.3, 0.4) is 0 Å². The Bertz CT molecular complexity index is 1870. The largest absolute Gasteiger partial charge is 0.394 e. The van der Waals surface area contributed by atoms with Crippen molar-refractivity contribution >= 4 is 51.9 Å². The molecule has 332 valence electrons. The molecule has 5 heterocycles. The summed E-state index contributed by atoms with van der Waals surface area (Å²) < 4.78 is 19.4. The van der Waals surface area contributed by atoms with Crippen molar-refractivity contribution < 1.29 is 54.1 Å². The maximum absolute atomic E-state index is 13.3. The molecule has 2 aromatic rings. The monoisotopic (exact) mass is 861 g/mol. The van der Waals surface area contributed by atoms with Gasteiger partial charge in [0, 0.05) is 46.3 Å². The molecule has 60 heavy (non-hydrogen) atoms. The number of amides is 3. The second-order valence-corrected chi connectivity index (χ2v) is 17.2. The number of piperidine rings is 1. The summed E-state index contributed by atoms with van der Waals surface area (Å²) in [6.45, 7) is 10.0. The predicted octanol–water partition coefficient (Wildman–Crippen LogP) is -1.50. The van der Waals surface area contributed by atoms with Gasteiger partial charge in [0.25, 0.3) is 5.91 Å². The van der Waals surface area contributed by atoms with Crippen molar-refractivity contribution in [3.8, 4) is 6.07 Å². The average molecular weight is 862 g/mol. The van der Waals surface area contributed by atoms with Gasteiger partial charge in [0.2, 0.25) is 11.8 Å². The summed E-state index contributed by atoms with van der Waals surface area (Å²) in [5.41, 5.74) is -0.0280. The van der Waals surface area contributed by atoms with Crippen LogP contribution >= 0.6 is 12.2 Å². The second kappa shape index (κ2) is 20.2. The molecule has 0 bridgehead atoms. The van der Waals surface area contributed by atoms with Crippen LogP contribution in [0.5, 0.6) is 0 Å². The fraction of sp³-hybridized carbons (Fsp3) is 0.718. The highest BCUT2D eigenvalue weighted by Gasteiger charge is 2.54. The lowest BCUT2D eigenvalue weighted by Gasteiger charge is -2.50. The molecule has 3 saturated heterocycles. The van der Waals surface area contributed by atoms with Gasteiger partial charge in [0.1, 0.15) is 55.2 Å². The van der Waals surface area contributed by atoms with Gasteiger partial charge in [-0.2, -0.15) is 5.26 Å². The third kappa shape index (κ3) is 10.5. The fourth-order valence-electron chi connectivity index (χ4n) is 8.07. The maximum Gasteiger partial charge on any atom is 0.252 e. The molecule has 12 atom stereocenters. The van der Waals surface area contributed by atoms with E-state index in [9.17, 15) is 39.9 Å². The number of nitriles is 1. The number of rotatable bonds is 13. The van der Waals surface area contributed by atoms with Crippen LogP contribution in [0.15, 0.2) is 18.6 Å². The van der Waals surface area contributed by atoms with Crippen LogP contribution in [0.25, 0.3) is 11.0 Å². The molecular weight excluding hydrogens is 803 g/mol. The Hall–Kier alpha value is -4.11. The molecule has 10 unspecified atom stereocenters. The summed E-state index contributed by atoms with van der Waals surface area (Å²) in [7, 11) is 1.94. The molecule has 3 aliphatic heterocycles. The van der Waals surface area contributed by atoms with E-state index in [0.717, 1.165) is 11.8 Å². The Morgan fingerprint density at radius 3 is 2.42 bits per heavy atom. The van der Waals surface area contributed by atoms with E-state index >= 15 is 0 Å². The van der Waals surface area contributed by atoms with Gasteiger partial charge in [0.15, 0.2) is 23.2 Å². The van der Waals surface area contributed by atoms with E-state index in [1.165, 1.54) is 13.3 Å². The number of anilines is 1. The number of unbranched alkanes of at least 4 members (excludes halogenated alkanes) is 1. The minimum atomic E-state index is -1.87. The normalized spacial score (nSPS) is 30.9. The first-order chi connectivity index (χ1) is 28.4. The number of nitrogens with zero attached hydrogens (tertiary/aromatic N) is 6. The Balaban J connectivity index is 1.14. The van der Waals surface area contributed by atoms with Gasteiger partial charge in [0.05, 0.1) is 36.2 Å². The highest BCUT2D eigenvalue weighted by molar-refractivity contribution is 7.80. The molecule has 21 heteroatoms. The quantitative estimate of drug-likeness (QED) is 0.0841. The Morgan fingerprint density at radius 1 is 1.07 bits per heavy atom. The number of hydrogen-bond donors (Lipinski definition) is 8. The fourth-order valence-corrected chi connectivity index (χ4v) is 8.32. The SMILES string of the molecule is CC(=O)NC1C(OC2OC(C(=O)NCCCCNC(=S)n3ccc4c(N(C)[C@H]5CN(C(=O)CC#N)CC[C@H]5C)ncnc43)C(O)C(O)C2O)C(O)C(CO)OC1C(C)(C)C. The standard InChI is InChI=1S/C39H59N9O11S/c1-20-10-15-47(25(51)9-12-40)17-23(20)46(6)34-22-11-16-48(35(22)44-19-43-34)38(60)42-14-8-7-13-41-36(56)32-29(54)28(53)30(55)37(59-32)58-31-26(45-21(2)50)33(39(3,4)5)57-24(18-49)27(31)52/h11,16,19-20,23-24,26-33,37,49,52-55H,7-10,13-15,17-18H2,1-6H3,(H,41,56)(H,42,60)(H,45,50)/t20-,23+,24?,26?,27?,28?,29?,30?,31?,32?,33?,37?/m1/s1. The molecule has 0 aliphatic carbocycles. The summed E-state index contributed by atoms with van der Waals surface area (Å²) in [5, 5.41) is 72.1. The van der Waals surface area contributed by atoms with Gasteiger partial charge in [-0.05, 0) is 48.9 Å². The van der Waals surface area contributed by atoms with Crippen LogP contribution in [0.4, 0.5) is 5.82 Å². The number of hydrogen-bond acceptors (Lipinski definition) is 16. The summed E-state index contributed by atoms with van der Waals surface area (Å²) in [6.07, 6.45) is -8.70. The van der Waals surface area contributed by atoms with E-state index in [1.807, 2.05) is 40.0 Å². The Labute approximate surface area is 354 Å². The molecule has 3 amide bonds. The van der Waals surface area contributed by atoms with Crippen molar-refractivity contribution in [1.82, 2.24) is 35.4 Å². The van der Waals surface area contributed by atoms with Crippen LogP contribution in [-0.4, -0.2) is 175 Å². The first-order valence-electron chi connectivity index (χ1n) is 20.2. The van der Waals surface area contributed by atoms with Crippen LogP contribution in [0.1, 0.15) is 60.3 Å². The zero-order chi connectivity index (χ0) is 44.1. The van der Waals surface area contributed by atoms with Gasteiger partial charge in [-0.1, -0.05) is 27.7 Å². The second-order valence-electron chi connectivity index (χ2n) is 16.8. The first-order valence-corrected chi connectivity index (χ1v) is 20.6. The van der Waals surface area contributed by atoms with Crippen LogP contribution in [-0.2, 0) is 28.6 Å². The summed E-state index contributed by atoms with van der Waals surface area (Å²) in [4.78, 5) is 50.8. The molecule has 0 aromatic carbocycles. The van der Waals surface area contributed by atoms with Crippen LogP contribution < -0.4 is 20.9 Å². The van der Waals surface area contributed by atoms with Gasteiger partial charge in [-0.25, -0.2) is 9.97 Å². The third-order valence-corrected chi connectivity index (χ3v) is 11.8. The molecule has 3 fully saturated rings. The molecule has 0 radical (unpaired) electrons. The highest BCUT2D eigenvalue weighted by atomic mass is 32.1. The summed E-state index contributed by atoms with van der Waals surface area (Å²) in [6, 6.07) is 2.81. The van der Waals surface area contributed by atoms with Gasteiger partial charge in [-0.3, -0.25) is 19.0 Å². The smallest absolute Gasteiger partial charge is 0.252 e. The number of likely N-dealkylation sites (tertiary alicyclic amines) is 1. The number of fused-ring (bicyclic) bond motifs is 1. The number of thiocarbonyl (C=S) groups is 1. The lowest BCUT2D eigenvalue weighted by Crippen LogP contribution is -2.69. The maximum atomic E-state index is 13.3. The van der Waals surface area contributed by atoms with E-state index in [1.54, 1.807) is 15.7 Å². The lowest BCUT2D eigenvalue weighted by molar-refractivity contribution is -0.327. The predicted molar refractivity (Wildman–Crippen MR) is 219 cm³/mol. The molecule has 8 N–H and O–H groups in total. The number of aliphatic hydroxyl groups excluding tert-OH is 5. The molecular formula is C39H59N9O11S. The van der Waals surface area contributed by atoms with E-state index in [0.29, 0.717) is 49.1 Å². The van der Waals surface area contributed by atoms with Crippen molar-refractivity contribution in [3.63, 3.8) is 0 Å². The van der Waals surface area contributed by atoms with Gasteiger partial charge >= 0.3 is 0 Å². The molecule has 20 nitrogen and oxygen atoms in total. The summed E-state index contributed by atoms with van der Waals surface area (Å²) >= 11 is 5.69. The van der Waals surface area contributed by atoms with Gasteiger partial charge in [-0.15, -0.1) is 0 Å². The topological polar surface area (TPSA) is 277 Å². The molecule has 0 spiro atoms. The highest BCUT2D eigenvalue weighted by Crippen LogP contribution is 2.36. The van der Waals surface area contributed by atoms with Crippen molar-refractivity contribution in [2.75, 3.05) is 44.7 Å². The zero-order valence-electron chi connectivity index (χ0n) is 34.8. The van der Waals surface area contributed by atoms with Crippen molar-refractivity contribution in [3.05, 3.63) is 18.6 Å². The number of carbonyl (C=O) groups is 3. The lowest BCUT2D eigenvalue weighted by atomic mass is 9.78. The number of likely N-dealkylation sites (N-methyl/N-ethyl adjacent to an activating group) is 1. The van der Waals surface area contributed by atoms with E-state index in [2.05, 4.69) is 37.7 Å². The van der Waals surface area contributed by atoms with Crippen molar-refractivity contribution in [2.45, 2.75) is 128 Å². The van der Waals surface area contributed by atoms with Crippen LogP contribution in [0, 0.1) is 22.7 Å². The van der Waals surface area contributed by atoms with E-state index in [4.69, 9.17) is 31.7 Å². The van der Waals surface area contributed by atoms with E-state index in [-0.39, 0.29) is 30.8 Å². The Kier molecular flexibility index (Phi) is 15.8. The van der Waals surface area contributed by atoms with Crippen LogP contribution in [0.2, 0.25) is 0 Å². The number of ether oxygens (including phenoxy) is 3. The number of carbonyl (C=O) groups excluding carboxylic acids is 3. The number of aliphatic hydroxyl groups is 5. The molecule has 2 aromatic heterocycles. The average Bonchev–Trinajstić information content (AvgIpc) is 3.64. The van der Waals surface area contributed by atoms with E-state index < -0.39 is 85.0 Å². The zero-order valence-corrected chi connectivity index (χ0v) is 35.6. The van der Waals surface area contributed by atoms with Crippen molar-refractivity contribution in [2.24, 2.45) is 11.3 Å². The number of aromatic nitrogens is 3. The molecule has 3 aliphatic rings. The minimum Gasteiger partial charge on any atom is -0.394 e. The minimum absolute atomic E-state index is 0.0233. The summed E-state index contributed by atoms with van der Waals surface area (Å²) in [5.74, 6) is -0.458. The first kappa shape index (κ1) is 46.9. The third-order valence-electron chi connectivity index (χ3n) is 11.4. The Morgan fingerprint density at radius 2 is 1.77 bits per heavy atom.